The summed E-state index contributed by atoms with van der Waals surface area (Å²) in [7, 11) is -3.49. The van der Waals surface area contributed by atoms with Crippen molar-refractivity contribution in [2.24, 2.45) is 0 Å². The lowest BCUT2D eigenvalue weighted by molar-refractivity contribution is -0.0270. The molecule has 2 atom stereocenters. The van der Waals surface area contributed by atoms with Crippen molar-refractivity contribution < 1.29 is 23.0 Å². The molecule has 2 fully saturated rings. The zero-order chi connectivity index (χ0) is 21.8. The molecule has 30 heavy (non-hydrogen) atoms. The highest BCUT2D eigenvalue weighted by atomic mass is 32.2. The first kappa shape index (κ1) is 23.6. The first-order chi connectivity index (χ1) is 14.2. The molecule has 2 aliphatic rings. The van der Waals surface area contributed by atoms with Crippen molar-refractivity contribution in [3.63, 3.8) is 0 Å². The molecule has 0 saturated carbocycles. The van der Waals surface area contributed by atoms with Gasteiger partial charge in [-0.2, -0.15) is 4.31 Å². The van der Waals surface area contributed by atoms with Gasteiger partial charge in [-0.15, -0.1) is 0 Å². The Morgan fingerprint density at radius 3 is 2.40 bits per heavy atom. The Balaban J connectivity index is 1.44. The number of sulfonamides is 1. The van der Waals surface area contributed by atoms with E-state index in [2.05, 4.69) is 25.7 Å². The summed E-state index contributed by atoms with van der Waals surface area (Å²) in [6, 6.07) is 7.21. The van der Waals surface area contributed by atoms with Gasteiger partial charge < -0.3 is 14.6 Å². The van der Waals surface area contributed by atoms with Crippen molar-refractivity contribution in [2.75, 3.05) is 52.5 Å². The van der Waals surface area contributed by atoms with Gasteiger partial charge in [-0.05, 0) is 36.0 Å². The number of aliphatic hydroxyl groups excluding tert-OH is 1. The number of hydrogen-bond acceptors (Lipinski definition) is 6. The van der Waals surface area contributed by atoms with Crippen LogP contribution >= 0.6 is 0 Å². The highest BCUT2D eigenvalue weighted by Crippen LogP contribution is 2.25. The number of β-amino-alcohol motifs (C(OH)–C–C–N with tert-alkyl or cyclic N) is 1. The molecule has 0 radical (unpaired) electrons. The first-order valence-corrected chi connectivity index (χ1v) is 12.3. The highest BCUT2D eigenvalue weighted by molar-refractivity contribution is 7.89. The second-order valence-corrected chi connectivity index (χ2v) is 11.2. The van der Waals surface area contributed by atoms with Crippen molar-refractivity contribution >= 4 is 10.0 Å². The summed E-state index contributed by atoms with van der Waals surface area (Å²) >= 11 is 0. The molecular weight excluding hydrogens is 404 g/mol. The van der Waals surface area contributed by atoms with Crippen LogP contribution in [-0.2, 0) is 24.9 Å². The second kappa shape index (κ2) is 10.1. The molecule has 1 N–H and O–H groups in total. The van der Waals surface area contributed by atoms with Crippen LogP contribution in [0.3, 0.4) is 0 Å². The number of nitrogens with zero attached hydrogens (tertiary/aromatic N) is 2. The van der Waals surface area contributed by atoms with Crippen molar-refractivity contribution in [3.8, 4) is 0 Å². The van der Waals surface area contributed by atoms with Gasteiger partial charge in [0.05, 0.1) is 30.3 Å². The number of benzene rings is 1. The molecule has 2 saturated heterocycles. The molecular formula is C22H36N2O5S. The van der Waals surface area contributed by atoms with E-state index in [9.17, 15) is 13.5 Å². The highest BCUT2D eigenvalue weighted by Gasteiger charge is 2.29. The summed E-state index contributed by atoms with van der Waals surface area (Å²) < 4.78 is 38.6. The van der Waals surface area contributed by atoms with Gasteiger partial charge in [0, 0.05) is 39.3 Å². The zero-order valence-corrected chi connectivity index (χ0v) is 19.2. The maximum Gasteiger partial charge on any atom is 0.243 e. The molecule has 0 bridgehead atoms. The summed E-state index contributed by atoms with van der Waals surface area (Å²) in [6.07, 6.45) is 1.67. The number of ether oxygens (including phenoxy) is 2. The summed E-state index contributed by atoms with van der Waals surface area (Å²) in [5, 5.41) is 10.2. The van der Waals surface area contributed by atoms with Crippen LogP contribution < -0.4 is 0 Å². The quantitative estimate of drug-likeness (QED) is 0.665. The molecule has 0 aromatic heterocycles. The molecule has 1 aromatic carbocycles. The fourth-order valence-corrected chi connectivity index (χ4v) is 5.31. The predicted octanol–water partition coefficient (Wildman–Crippen LogP) is 1.85. The minimum atomic E-state index is -3.49. The van der Waals surface area contributed by atoms with Gasteiger partial charge in [0.2, 0.25) is 10.0 Å². The number of rotatable bonds is 8. The molecule has 170 valence electrons. The van der Waals surface area contributed by atoms with Crippen LogP contribution in [0.4, 0.5) is 0 Å². The Kier molecular flexibility index (Phi) is 7.92. The number of aliphatic hydroxyl groups is 1. The lowest BCUT2D eigenvalue weighted by Gasteiger charge is -2.35. The average Bonchev–Trinajstić information content (AvgIpc) is 3.21. The normalized spacial score (nSPS) is 23.0. The standard InChI is InChI=1S/C22H36N2O5S/c1-22(2,3)18-6-8-21(9-7-18)30(26,27)24-12-10-23(11-13-24)15-19(25)16-28-17-20-5-4-14-29-20/h6-9,19-20,25H,4-5,10-17H2,1-3H3. The van der Waals surface area contributed by atoms with Crippen LogP contribution in [0.25, 0.3) is 0 Å². The Bertz CT molecular complexity index is 762. The van der Waals surface area contributed by atoms with Crippen molar-refractivity contribution in [2.45, 2.75) is 56.1 Å². The van der Waals surface area contributed by atoms with Crippen molar-refractivity contribution in [1.29, 1.82) is 0 Å². The van der Waals surface area contributed by atoms with E-state index in [1.165, 1.54) is 4.31 Å². The summed E-state index contributed by atoms with van der Waals surface area (Å²) in [5.41, 5.74) is 1.10. The van der Waals surface area contributed by atoms with Crippen molar-refractivity contribution in [1.82, 2.24) is 9.21 Å². The van der Waals surface area contributed by atoms with Crippen LogP contribution in [0.5, 0.6) is 0 Å². The maximum atomic E-state index is 13.0. The smallest absolute Gasteiger partial charge is 0.243 e. The van der Waals surface area contributed by atoms with Crippen LogP contribution in [0, 0.1) is 0 Å². The number of hydrogen-bond donors (Lipinski definition) is 1. The monoisotopic (exact) mass is 440 g/mol. The van der Waals surface area contributed by atoms with Crippen molar-refractivity contribution in [3.05, 3.63) is 29.8 Å². The molecule has 7 nitrogen and oxygen atoms in total. The number of piperazine rings is 1. The van der Waals surface area contributed by atoms with E-state index in [-0.39, 0.29) is 18.1 Å². The fourth-order valence-electron chi connectivity index (χ4n) is 3.89. The van der Waals surface area contributed by atoms with Gasteiger partial charge in [-0.1, -0.05) is 32.9 Å². The van der Waals surface area contributed by atoms with Gasteiger partial charge in [0.25, 0.3) is 0 Å². The minimum Gasteiger partial charge on any atom is -0.389 e. The van der Waals surface area contributed by atoms with E-state index in [0.29, 0.717) is 44.2 Å². The third kappa shape index (κ3) is 6.24. The van der Waals surface area contributed by atoms with Crippen LogP contribution in [0.15, 0.2) is 29.2 Å². The Morgan fingerprint density at radius 2 is 1.83 bits per heavy atom. The Hall–Kier alpha value is -1.03. The Labute approximate surface area is 181 Å². The van der Waals surface area contributed by atoms with Gasteiger partial charge >= 0.3 is 0 Å². The van der Waals surface area contributed by atoms with Crippen LogP contribution in [0.1, 0.15) is 39.2 Å². The fraction of sp³-hybridized carbons (Fsp3) is 0.727. The second-order valence-electron chi connectivity index (χ2n) is 9.31. The van der Waals surface area contributed by atoms with Crippen LogP contribution in [0.2, 0.25) is 0 Å². The van der Waals surface area contributed by atoms with E-state index in [0.717, 1.165) is 25.0 Å². The van der Waals surface area contributed by atoms with E-state index >= 15 is 0 Å². The topological polar surface area (TPSA) is 79.3 Å². The largest absolute Gasteiger partial charge is 0.389 e. The molecule has 0 amide bonds. The third-order valence-corrected chi connectivity index (χ3v) is 7.71. The molecule has 0 spiro atoms. The molecule has 2 unspecified atom stereocenters. The summed E-state index contributed by atoms with van der Waals surface area (Å²) in [6.45, 7) is 10.5. The van der Waals surface area contributed by atoms with Crippen LogP contribution in [-0.4, -0.2) is 87.5 Å². The van der Waals surface area contributed by atoms with Gasteiger partial charge in [0.1, 0.15) is 0 Å². The van der Waals surface area contributed by atoms with E-state index < -0.39 is 16.1 Å². The maximum absolute atomic E-state index is 13.0. The molecule has 2 heterocycles. The third-order valence-electron chi connectivity index (χ3n) is 5.80. The van der Waals surface area contributed by atoms with E-state index in [1.807, 2.05) is 12.1 Å². The molecule has 3 rings (SSSR count). The molecule has 0 aliphatic carbocycles. The van der Waals surface area contributed by atoms with E-state index in [4.69, 9.17) is 9.47 Å². The van der Waals surface area contributed by atoms with E-state index in [1.54, 1.807) is 12.1 Å². The van der Waals surface area contributed by atoms with Gasteiger partial charge in [-0.25, -0.2) is 8.42 Å². The zero-order valence-electron chi connectivity index (χ0n) is 18.4. The van der Waals surface area contributed by atoms with Gasteiger partial charge in [0.15, 0.2) is 0 Å². The Morgan fingerprint density at radius 1 is 1.17 bits per heavy atom. The SMILES string of the molecule is CC(C)(C)c1ccc(S(=O)(=O)N2CCN(CC(O)COCC3CCCO3)CC2)cc1. The molecule has 2 aliphatic heterocycles. The lowest BCUT2D eigenvalue weighted by atomic mass is 9.87. The molecule has 8 heteroatoms. The summed E-state index contributed by atoms with van der Waals surface area (Å²) in [5.74, 6) is 0. The minimum absolute atomic E-state index is 0.0113. The van der Waals surface area contributed by atoms with Gasteiger partial charge in [-0.3, -0.25) is 4.90 Å². The average molecular weight is 441 g/mol. The molecule has 1 aromatic rings. The first-order valence-electron chi connectivity index (χ1n) is 10.9. The predicted molar refractivity (Wildman–Crippen MR) is 116 cm³/mol. The summed E-state index contributed by atoms with van der Waals surface area (Å²) in [4.78, 5) is 2.43. The lowest BCUT2D eigenvalue weighted by Crippen LogP contribution is -2.50.